The highest BCUT2D eigenvalue weighted by molar-refractivity contribution is 9.10. The van der Waals surface area contributed by atoms with E-state index in [1.165, 1.54) is 12.1 Å². The monoisotopic (exact) mass is 329 g/mol. The van der Waals surface area contributed by atoms with Crippen molar-refractivity contribution in [2.45, 2.75) is 6.54 Å². The van der Waals surface area contributed by atoms with Gasteiger partial charge in [0.2, 0.25) is 0 Å². The van der Waals surface area contributed by atoms with Gasteiger partial charge in [0.15, 0.2) is 0 Å². The fraction of sp³-hybridized carbons (Fsp3) is 0.0769. The van der Waals surface area contributed by atoms with Gasteiger partial charge in [-0.15, -0.1) is 0 Å². The minimum Gasteiger partial charge on any atom is -0.506 e. The Labute approximate surface area is 118 Å². The summed E-state index contributed by atoms with van der Waals surface area (Å²) in [6.07, 6.45) is 0. The molecule has 0 aliphatic heterocycles. The van der Waals surface area contributed by atoms with Crippen molar-refractivity contribution < 1.29 is 9.50 Å². The fourth-order valence-electron chi connectivity index (χ4n) is 1.49. The van der Waals surface area contributed by atoms with E-state index in [-0.39, 0.29) is 16.6 Å². The van der Waals surface area contributed by atoms with E-state index < -0.39 is 0 Å². The molecule has 0 atom stereocenters. The molecule has 2 rings (SSSR count). The molecule has 0 heterocycles. The summed E-state index contributed by atoms with van der Waals surface area (Å²) < 4.78 is 14.3. The Morgan fingerprint density at radius 3 is 2.72 bits per heavy atom. The number of nitrogens with one attached hydrogen (secondary N) is 1. The third kappa shape index (κ3) is 3.15. The van der Waals surface area contributed by atoms with Crippen LogP contribution in [-0.2, 0) is 6.54 Å². The van der Waals surface area contributed by atoms with Crippen molar-refractivity contribution in [1.29, 1.82) is 0 Å². The van der Waals surface area contributed by atoms with Crippen molar-refractivity contribution in [1.82, 2.24) is 0 Å². The molecule has 0 aromatic heterocycles. The van der Waals surface area contributed by atoms with Gasteiger partial charge in [-0.2, -0.15) is 0 Å². The lowest BCUT2D eigenvalue weighted by Gasteiger charge is -2.08. The number of hydrogen-bond donors (Lipinski definition) is 2. The molecule has 2 aromatic rings. The highest BCUT2D eigenvalue weighted by atomic mass is 79.9. The van der Waals surface area contributed by atoms with Crippen LogP contribution in [0.4, 0.5) is 10.1 Å². The lowest BCUT2D eigenvalue weighted by Crippen LogP contribution is -2.01. The van der Waals surface area contributed by atoms with E-state index in [4.69, 9.17) is 11.6 Å². The van der Waals surface area contributed by atoms with Crippen LogP contribution in [0.5, 0.6) is 5.75 Å². The standard InChI is InChI=1S/C13H10BrClFNO/c14-9-1-3-12(16)8(5-9)7-17-10-2-4-13(18)11(15)6-10/h1-6,17-18H,7H2. The van der Waals surface area contributed by atoms with Gasteiger partial charge in [-0.25, -0.2) is 4.39 Å². The van der Waals surface area contributed by atoms with Gasteiger partial charge in [-0.3, -0.25) is 0 Å². The molecule has 2 nitrogen and oxygen atoms in total. The van der Waals surface area contributed by atoms with Crippen LogP contribution < -0.4 is 5.32 Å². The second kappa shape index (κ2) is 5.59. The Balaban J connectivity index is 2.11. The van der Waals surface area contributed by atoms with Gasteiger partial charge < -0.3 is 10.4 Å². The lowest BCUT2D eigenvalue weighted by molar-refractivity contribution is 0.475. The number of rotatable bonds is 3. The molecule has 0 aliphatic carbocycles. The largest absolute Gasteiger partial charge is 0.506 e. The van der Waals surface area contributed by atoms with E-state index in [2.05, 4.69) is 21.2 Å². The molecule has 0 amide bonds. The van der Waals surface area contributed by atoms with Crippen LogP contribution >= 0.6 is 27.5 Å². The summed E-state index contributed by atoms with van der Waals surface area (Å²) in [7, 11) is 0. The molecule has 0 fully saturated rings. The van der Waals surface area contributed by atoms with E-state index in [1.54, 1.807) is 24.3 Å². The SMILES string of the molecule is Oc1ccc(NCc2cc(Br)ccc2F)cc1Cl. The predicted molar refractivity (Wildman–Crippen MR) is 74.5 cm³/mol. The smallest absolute Gasteiger partial charge is 0.134 e. The van der Waals surface area contributed by atoms with Crippen LogP contribution in [0.1, 0.15) is 5.56 Å². The van der Waals surface area contributed by atoms with Crippen LogP contribution in [0.25, 0.3) is 0 Å². The van der Waals surface area contributed by atoms with Crippen molar-refractivity contribution in [2.75, 3.05) is 5.32 Å². The topological polar surface area (TPSA) is 32.3 Å². The molecule has 0 saturated heterocycles. The molecule has 0 spiro atoms. The molecule has 94 valence electrons. The molecule has 2 aromatic carbocycles. The number of hydrogen-bond acceptors (Lipinski definition) is 2. The van der Waals surface area contributed by atoms with E-state index >= 15 is 0 Å². The minimum absolute atomic E-state index is 0.0239. The molecule has 5 heteroatoms. The molecule has 0 saturated carbocycles. The summed E-state index contributed by atoms with van der Waals surface area (Å²) in [5.74, 6) is -0.244. The Morgan fingerprint density at radius 2 is 2.00 bits per heavy atom. The number of phenols is 1. The van der Waals surface area contributed by atoms with E-state index in [1.807, 2.05) is 0 Å². The van der Waals surface area contributed by atoms with E-state index in [0.29, 0.717) is 12.1 Å². The molecule has 0 unspecified atom stereocenters. The quantitative estimate of drug-likeness (QED) is 0.809. The first-order valence-electron chi connectivity index (χ1n) is 5.22. The Bertz CT molecular complexity index is 577. The van der Waals surface area contributed by atoms with Crippen molar-refractivity contribution in [2.24, 2.45) is 0 Å². The van der Waals surface area contributed by atoms with Crippen LogP contribution in [0, 0.1) is 5.82 Å². The van der Waals surface area contributed by atoms with Crippen LogP contribution in [0.2, 0.25) is 5.02 Å². The van der Waals surface area contributed by atoms with Gasteiger partial charge in [-0.1, -0.05) is 27.5 Å². The van der Waals surface area contributed by atoms with E-state index in [0.717, 1.165) is 10.2 Å². The maximum atomic E-state index is 13.5. The van der Waals surface area contributed by atoms with Gasteiger partial charge in [0.25, 0.3) is 0 Å². The van der Waals surface area contributed by atoms with Crippen LogP contribution in [0.3, 0.4) is 0 Å². The highest BCUT2D eigenvalue weighted by Gasteiger charge is 2.04. The minimum atomic E-state index is -0.268. The van der Waals surface area contributed by atoms with Gasteiger partial charge in [0.05, 0.1) is 5.02 Å². The maximum Gasteiger partial charge on any atom is 0.134 e. The van der Waals surface area contributed by atoms with Gasteiger partial charge in [-0.05, 0) is 36.4 Å². The second-order valence-electron chi connectivity index (χ2n) is 3.76. The average molecular weight is 331 g/mol. The molecule has 2 N–H and O–H groups in total. The van der Waals surface area contributed by atoms with Crippen molar-refractivity contribution in [3.8, 4) is 5.75 Å². The summed E-state index contributed by atoms with van der Waals surface area (Å²) >= 11 is 9.08. The number of aromatic hydroxyl groups is 1. The summed E-state index contributed by atoms with van der Waals surface area (Å²) in [5, 5.41) is 12.6. The Morgan fingerprint density at radius 1 is 1.22 bits per heavy atom. The van der Waals surface area contributed by atoms with Gasteiger partial charge in [0, 0.05) is 22.3 Å². The molecular weight excluding hydrogens is 321 g/mol. The zero-order valence-corrected chi connectivity index (χ0v) is 11.6. The first-order valence-corrected chi connectivity index (χ1v) is 6.39. The molecule has 0 radical (unpaired) electrons. The first kappa shape index (κ1) is 13.2. The summed E-state index contributed by atoms with van der Waals surface area (Å²) in [4.78, 5) is 0. The Kier molecular flexibility index (Phi) is 4.09. The lowest BCUT2D eigenvalue weighted by atomic mass is 10.2. The second-order valence-corrected chi connectivity index (χ2v) is 5.08. The van der Waals surface area contributed by atoms with Gasteiger partial charge in [0.1, 0.15) is 11.6 Å². The number of phenolic OH excluding ortho intramolecular Hbond substituents is 1. The highest BCUT2D eigenvalue weighted by Crippen LogP contribution is 2.26. The van der Waals surface area contributed by atoms with E-state index in [9.17, 15) is 9.50 Å². The number of benzene rings is 2. The number of halogens is 3. The molecule has 0 bridgehead atoms. The zero-order valence-electron chi connectivity index (χ0n) is 9.25. The van der Waals surface area contributed by atoms with Crippen LogP contribution in [-0.4, -0.2) is 5.11 Å². The van der Waals surface area contributed by atoms with Gasteiger partial charge >= 0.3 is 0 Å². The Hall–Kier alpha value is -1.26. The van der Waals surface area contributed by atoms with Crippen molar-refractivity contribution in [3.05, 3.63) is 57.3 Å². The van der Waals surface area contributed by atoms with Crippen LogP contribution in [0.15, 0.2) is 40.9 Å². The molecule has 18 heavy (non-hydrogen) atoms. The normalized spacial score (nSPS) is 10.4. The number of anilines is 1. The summed E-state index contributed by atoms with van der Waals surface area (Å²) in [6.45, 7) is 0.340. The van der Waals surface area contributed by atoms with Crippen molar-refractivity contribution in [3.63, 3.8) is 0 Å². The third-order valence-corrected chi connectivity index (χ3v) is 3.23. The first-order chi connectivity index (χ1) is 8.56. The maximum absolute atomic E-state index is 13.5. The molecule has 0 aliphatic rings. The average Bonchev–Trinajstić information content (AvgIpc) is 2.34. The predicted octanol–water partition coefficient (Wildman–Crippen LogP) is 4.56. The summed E-state index contributed by atoms with van der Waals surface area (Å²) in [5.41, 5.74) is 1.27. The van der Waals surface area contributed by atoms with Crippen molar-refractivity contribution >= 4 is 33.2 Å². The zero-order chi connectivity index (χ0) is 13.1. The summed E-state index contributed by atoms with van der Waals surface area (Å²) in [6, 6.07) is 9.53. The molecular formula is C13H10BrClFNO. The third-order valence-electron chi connectivity index (χ3n) is 2.44. The fourth-order valence-corrected chi connectivity index (χ4v) is 2.08.